The summed E-state index contributed by atoms with van der Waals surface area (Å²) in [6.07, 6.45) is 4.17. The lowest BCUT2D eigenvalue weighted by Gasteiger charge is -2.40. The third-order valence-electron chi connectivity index (χ3n) is 10.5. The number of aromatic amines is 1. The first-order chi connectivity index (χ1) is 25.4. The second-order valence-corrected chi connectivity index (χ2v) is 14.4. The molecule has 4 aromatic rings. The van der Waals surface area contributed by atoms with E-state index >= 15 is 8.78 Å². The van der Waals surface area contributed by atoms with Gasteiger partial charge in [-0.3, -0.25) is 39.4 Å². The van der Waals surface area contributed by atoms with Crippen molar-refractivity contribution in [2.75, 3.05) is 58.2 Å². The van der Waals surface area contributed by atoms with Crippen LogP contribution in [0.4, 0.5) is 14.5 Å². The lowest BCUT2D eigenvalue weighted by atomic mass is 9.86. The highest BCUT2D eigenvalue weighted by Crippen LogP contribution is 2.41. The number of pyridine rings is 1. The maximum absolute atomic E-state index is 15.5. The Balaban J connectivity index is 0.917. The number of hydrogen-bond acceptors (Lipinski definition) is 9. The van der Waals surface area contributed by atoms with Crippen LogP contribution in [0.25, 0.3) is 22.0 Å². The van der Waals surface area contributed by atoms with E-state index in [0.29, 0.717) is 78.6 Å². The number of aromatic nitrogens is 3. The van der Waals surface area contributed by atoms with Crippen LogP contribution in [0.1, 0.15) is 36.3 Å². The smallest absolute Gasteiger partial charge is 0.276 e. The number of nitrogens with one attached hydrogen (secondary N) is 3. The molecule has 3 N–H and O–H groups in total. The Hall–Kier alpha value is -4.86. The topological polar surface area (TPSA) is 145 Å². The molecule has 13 nitrogen and oxygen atoms in total. The number of carbonyl (C=O) groups excluding carboxylic acids is 3. The molecule has 3 aliphatic rings. The molecule has 3 amide bonds. The van der Waals surface area contributed by atoms with Crippen LogP contribution in [0.3, 0.4) is 0 Å². The highest BCUT2D eigenvalue weighted by molar-refractivity contribution is 6.32. The van der Waals surface area contributed by atoms with Crippen molar-refractivity contribution in [3.8, 4) is 16.9 Å². The number of benzene rings is 2. The van der Waals surface area contributed by atoms with Gasteiger partial charge in [0.05, 0.1) is 32.3 Å². The quantitative estimate of drug-likeness (QED) is 0.219. The standard InChI is InChI=1S/C37H41ClF2N8O5/c1-45-18-26(25-17-41-44-34(25)36(45)52)23-15-29(38)27(31(16-23)53-2)19-46-11-13-48(14-12-46)33(50)20-47-10-9-28(37(39,40)21-47)22-3-5-24(6-4-22)42-30-7-8-32(49)43-35(30)51/h3-6,15-18,28,30,42H,7-14,19-21H2,1-2H3,(H,41,44)(H,43,49,51). The number of aryl methyl sites for hydroxylation is 1. The summed E-state index contributed by atoms with van der Waals surface area (Å²) >= 11 is 6.83. The molecule has 2 atom stereocenters. The van der Waals surface area contributed by atoms with Gasteiger partial charge in [0.2, 0.25) is 17.7 Å². The highest BCUT2D eigenvalue weighted by atomic mass is 35.5. The Labute approximate surface area is 309 Å². The van der Waals surface area contributed by atoms with Crippen molar-refractivity contribution < 1.29 is 27.9 Å². The predicted molar refractivity (Wildman–Crippen MR) is 195 cm³/mol. The molecule has 16 heteroatoms. The van der Waals surface area contributed by atoms with Crippen LogP contribution in [0.15, 0.2) is 53.6 Å². The molecule has 5 heterocycles. The van der Waals surface area contributed by atoms with E-state index < -0.39 is 30.3 Å². The Bertz CT molecular complexity index is 2100. The first-order valence-electron chi connectivity index (χ1n) is 17.6. The molecule has 53 heavy (non-hydrogen) atoms. The number of likely N-dealkylation sites (tertiary alicyclic amines) is 1. The number of carbonyl (C=O) groups is 3. The van der Waals surface area contributed by atoms with Crippen molar-refractivity contribution in [1.29, 1.82) is 0 Å². The molecule has 0 aliphatic carbocycles. The minimum atomic E-state index is -3.04. The summed E-state index contributed by atoms with van der Waals surface area (Å²) in [6, 6.07) is 9.84. The SMILES string of the molecule is COc1cc(-c2cn(C)c(=O)c3[nH]ncc23)cc(Cl)c1CN1CCN(C(=O)CN2CCC(c3ccc(NC4CCC(=O)NC4=O)cc3)C(F)(F)C2)CC1. The van der Waals surface area contributed by atoms with E-state index in [1.54, 1.807) is 55.7 Å². The van der Waals surface area contributed by atoms with E-state index in [9.17, 15) is 19.2 Å². The second kappa shape index (κ2) is 14.9. The van der Waals surface area contributed by atoms with Crippen molar-refractivity contribution in [3.05, 3.63) is 75.3 Å². The number of nitrogens with zero attached hydrogens (tertiary/aromatic N) is 5. The van der Waals surface area contributed by atoms with E-state index in [1.807, 2.05) is 12.1 Å². The number of piperazine rings is 1. The number of fused-ring (bicyclic) bond motifs is 1. The number of anilines is 1. The van der Waals surface area contributed by atoms with Gasteiger partial charge in [-0.2, -0.15) is 5.10 Å². The van der Waals surface area contributed by atoms with Crippen molar-refractivity contribution in [3.63, 3.8) is 0 Å². The van der Waals surface area contributed by atoms with Crippen molar-refractivity contribution in [1.82, 2.24) is 34.8 Å². The molecule has 3 aliphatic heterocycles. The monoisotopic (exact) mass is 750 g/mol. The molecule has 3 fully saturated rings. The van der Waals surface area contributed by atoms with Gasteiger partial charge in [-0.05, 0) is 54.8 Å². The number of H-pyrrole nitrogens is 1. The second-order valence-electron chi connectivity index (χ2n) is 14.0. The lowest BCUT2D eigenvalue weighted by Crippen LogP contribution is -2.54. The predicted octanol–water partition coefficient (Wildman–Crippen LogP) is 3.58. The number of piperidine rings is 2. The Kier molecular flexibility index (Phi) is 10.2. The molecular weight excluding hydrogens is 710 g/mol. The van der Waals surface area contributed by atoms with Gasteiger partial charge in [0.1, 0.15) is 17.3 Å². The Morgan fingerprint density at radius 2 is 1.81 bits per heavy atom. The molecular formula is C37H41ClF2N8O5. The summed E-state index contributed by atoms with van der Waals surface area (Å²) in [4.78, 5) is 54.7. The number of rotatable bonds is 9. The molecule has 2 aromatic carbocycles. The van der Waals surface area contributed by atoms with Crippen LogP contribution >= 0.6 is 11.6 Å². The van der Waals surface area contributed by atoms with Gasteiger partial charge in [0, 0.05) is 79.6 Å². The summed E-state index contributed by atoms with van der Waals surface area (Å²) in [5.41, 5.74) is 3.70. The number of halogens is 3. The average Bonchev–Trinajstić information content (AvgIpc) is 3.63. The first kappa shape index (κ1) is 36.5. The molecule has 3 saturated heterocycles. The summed E-state index contributed by atoms with van der Waals surface area (Å²) in [5, 5.41) is 13.4. The third kappa shape index (κ3) is 7.64. The molecule has 0 bridgehead atoms. The Morgan fingerprint density at radius 3 is 2.51 bits per heavy atom. The van der Waals surface area contributed by atoms with Gasteiger partial charge < -0.3 is 19.5 Å². The fraction of sp³-hybridized carbons (Fsp3) is 0.432. The van der Waals surface area contributed by atoms with Gasteiger partial charge in [0.15, 0.2) is 0 Å². The molecule has 0 radical (unpaired) electrons. The molecule has 2 aromatic heterocycles. The van der Waals surface area contributed by atoms with Gasteiger partial charge in [-0.1, -0.05) is 23.7 Å². The first-order valence-corrected chi connectivity index (χ1v) is 18.0. The normalized spacial score (nSPS) is 21.1. The number of alkyl halides is 2. The summed E-state index contributed by atoms with van der Waals surface area (Å²) in [7, 11) is 3.26. The Morgan fingerprint density at radius 1 is 1.06 bits per heavy atom. The van der Waals surface area contributed by atoms with Gasteiger partial charge in [-0.15, -0.1) is 0 Å². The third-order valence-corrected chi connectivity index (χ3v) is 10.8. The van der Waals surface area contributed by atoms with Crippen LogP contribution in [0.2, 0.25) is 5.02 Å². The highest BCUT2D eigenvalue weighted by Gasteiger charge is 2.45. The van der Waals surface area contributed by atoms with Crippen LogP contribution in [0.5, 0.6) is 5.75 Å². The lowest BCUT2D eigenvalue weighted by molar-refractivity contribution is -0.138. The summed E-state index contributed by atoms with van der Waals surface area (Å²) in [6.45, 7) is 2.34. The minimum Gasteiger partial charge on any atom is -0.496 e. The number of methoxy groups -OCH3 is 1. The van der Waals surface area contributed by atoms with Crippen LogP contribution in [0, 0.1) is 0 Å². The number of hydrogen-bond donors (Lipinski definition) is 3. The van der Waals surface area contributed by atoms with Gasteiger partial charge in [0.25, 0.3) is 11.5 Å². The van der Waals surface area contributed by atoms with E-state index in [-0.39, 0.29) is 36.8 Å². The maximum atomic E-state index is 15.5. The molecule has 280 valence electrons. The molecule has 0 spiro atoms. The largest absolute Gasteiger partial charge is 0.496 e. The summed E-state index contributed by atoms with van der Waals surface area (Å²) < 4.78 is 38.3. The van der Waals surface area contributed by atoms with Crippen molar-refractivity contribution >= 4 is 45.9 Å². The average molecular weight is 751 g/mol. The van der Waals surface area contributed by atoms with E-state index in [4.69, 9.17) is 16.3 Å². The maximum Gasteiger partial charge on any atom is 0.276 e. The molecule has 0 saturated carbocycles. The van der Waals surface area contributed by atoms with Crippen molar-refractivity contribution in [2.24, 2.45) is 7.05 Å². The van der Waals surface area contributed by atoms with E-state index in [2.05, 4.69) is 25.7 Å². The van der Waals surface area contributed by atoms with Crippen LogP contribution in [-0.2, 0) is 28.0 Å². The molecule has 2 unspecified atom stereocenters. The van der Waals surface area contributed by atoms with Crippen LogP contribution in [-0.4, -0.2) is 112 Å². The van der Waals surface area contributed by atoms with E-state index in [1.165, 1.54) is 9.47 Å². The number of ether oxygens (including phenoxy) is 1. The molecule has 7 rings (SSSR count). The van der Waals surface area contributed by atoms with Crippen molar-refractivity contribution in [2.45, 2.75) is 43.7 Å². The van der Waals surface area contributed by atoms with Gasteiger partial charge in [-0.25, -0.2) is 8.78 Å². The van der Waals surface area contributed by atoms with Crippen LogP contribution < -0.4 is 20.9 Å². The fourth-order valence-corrected chi connectivity index (χ4v) is 7.82. The zero-order valence-electron chi connectivity index (χ0n) is 29.5. The minimum absolute atomic E-state index is 0.0761. The zero-order chi connectivity index (χ0) is 37.4. The zero-order valence-corrected chi connectivity index (χ0v) is 30.2. The number of imide groups is 1. The number of amides is 3. The van der Waals surface area contributed by atoms with E-state index in [0.717, 1.165) is 16.7 Å². The fourth-order valence-electron chi connectivity index (χ4n) is 7.55. The van der Waals surface area contributed by atoms with Gasteiger partial charge >= 0.3 is 0 Å². The summed E-state index contributed by atoms with van der Waals surface area (Å²) in [5.74, 6) is -4.31.